The summed E-state index contributed by atoms with van der Waals surface area (Å²) >= 11 is 0. The molecule has 0 bridgehead atoms. The van der Waals surface area contributed by atoms with E-state index in [1.54, 1.807) is 6.20 Å². The van der Waals surface area contributed by atoms with E-state index in [-0.39, 0.29) is 0 Å². The molecule has 0 radical (unpaired) electrons. The molecule has 1 aromatic rings. The van der Waals surface area contributed by atoms with Gasteiger partial charge in [-0.1, -0.05) is 12.6 Å². The van der Waals surface area contributed by atoms with Crippen LogP contribution in [0.25, 0.3) is 0 Å². The first-order chi connectivity index (χ1) is 8.67. The van der Waals surface area contributed by atoms with Gasteiger partial charge in [0.15, 0.2) is 0 Å². The molecule has 1 aromatic heterocycles. The third kappa shape index (κ3) is 4.57. The van der Waals surface area contributed by atoms with Crippen molar-refractivity contribution >= 4 is 5.84 Å². The van der Waals surface area contributed by atoms with Crippen LogP contribution in [0.15, 0.2) is 41.9 Å². The number of nitrogens with one attached hydrogen (secondary N) is 1. The van der Waals surface area contributed by atoms with Crippen LogP contribution in [-0.4, -0.2) is 35.9 Å². The van der Waals surface area contributed by atoms with Crippen LogP contribution in [0.5, 0.6) is 0 Å². The first-order valence-corrected chi connectivity index (χ1v) is 6.27. The second-order valence-electron chi connectivity index (χ2n) is 4.06. The predicted octanol–water partition coefficient (Wildman–Crippen LogP) is 2.06. The van der Waals surface area contributed by atoms with Crippen molar-refractivity contribution in [1.82, 2.24) is 15.2 Å². The van der Waals surface area contributed by atoms with Gasteiger partial charge in [0.2, 0.25) is 0 Å². The van der Waals surface area contributed by atoms with Gasteiger partial charge in [-0.2, -0.15) is 0 Å². The van der Waals surface area contributed by atoms with Gasteiger partial charge in [0.25, 0.3) is 0 Å². The highest BCUT2D eigenvalue weighted by Crippen LogP contribution is 2.03. The molecule has 1 N–H and O–H groups in total. The maximum Gasteiger partial charge on any atom is 0.120 e. The van der Waals surface area contributed by atoms with Crippen LogP contribution >= 0.6 is 0 Å². The summed E-state index contributed by atoms with van der Waals surface area (Å²) in [6, 6.07) is 4.00. The van der Waals surface area contributed by atoms with Gasteiger partial charge >= 0.3 is 0 Å². The molecule has 0 aliphatic rings. The van der Waals surface area contributed by atoms with Gasteiger partial charge in [-0.3, -0.25) is 4.98 Å². The molecule has 0 saturated carbocycles. The van der Waals surface area contributed by atoms with Gasteiger partial charge in [-0.25, -0.2) is 4.99 Å². The van der Waals surface area contributed by atoms with Crippen molar-refractivity contribution in [1.29, 1.82) is 0 Å². The Morgan fingerprint density at radius 3 is 2.83 bits per heavy atom. The lowest BCUT2D eigenvalue weighted by Gasteiger charge is -2.20. The quantitative estimate of drug-likeness (QED) is 0.617. The molecule has 4 heteroatoms. The Balaban J connectivity index is 2.82. The number of hydrogen-bond acceptors (Lipinski definition) is 3. The minimum atomic E-state index is 0.705. The number of aliphatic imine (C=N–C) groups is 1. The Bertz CT molecular complexity index is 398. The Morgan fingerprint density at radius 2 is 2.28 bits per heavy atom. The number of nitrogens with zero attached hydrogens (tertiary/aromatic N) is 3. The Morgan fingerprint density at radius 1 is 1.50 bits per heavy atom. The third-order valence-electron chi connectivity index (χ3n) is 2.64. The minimum Gasteiger partial charge on any atom is -0.371 e. The number of aromatic nitrogens is 1. The van der Waals surface area contributed by atoms with Crippen LogP contribution < -0.4 is 5.32 Å². The van der Waals surface area contributed by atoms with Crippen molar-refractivity contribution in [2.24, 2.45) is 4.99 Å². The number of hydrogen-bond donors (Lipinski definition) is 1. The van der Waals surface area contributed by atoms with E-state index in [1.807, 2.05) is 26.2 Å². The fourth-order valence-electron chi connectivity index (χ4n) is 1.53. The topological polar surface area (TPSA) is 40.5 Å². The van der Waals surface area contributed by atoms with E-state index in [9.17, 15) is 0 Å². The standard InChI is InChI=1S/C14H22N4/c1-5-16-12(3)17-14(18(4)6-2)10-13-8-7-9-15-11-13/h7-9,11,16H,3,5-6,10H2,1-2,4H3. The van der Waals surface area contributed by atoms with E-state index < -0.39 is 0 Å². The highest BCUT2D eigenvalue weighted by molar-refractivity contribution is 5.85. The molecular weight excluding hydrogens is 224 g/mol. The monoisotopic (exact) mass is 246 g/mol. The summed E-state index contributed by atoms with van der Waals surface area (Å²) in [5.74, 6) is 1.70. The summed E-state index contributed by atoms with van der Waals surface area (Å²) < 4.78 is 0. The van der Waals surface area contributed by atoms with E-state index >= 15 is 0 Å². The van der Waals surface area contributed by atoms with Gasteiger partial charge < -0.3 is 10.2 Å². The van der Waals surface area contributed by atoms with Crippen molar-refractivity contribution in [3.8, 4) is 0 Å². The van der Waals surface area contributed by atoms with Crippen LogP contribution in [0.3, 0.4) is 0 Å². The largest absolute Gasteiger partial charge is 0.371 e. The molecule has 0 aliphatic carbocycles. The van der Waals surface area contributed by atoms with Crippen molar-refractivity contribution in [2.75, 3.05) is 20.1 Å². The average molecular weight is 246 g/mol. The van der Waals surface area contributed by atoms with Gasteiger partial charge in [-0.05, 0) is 25.5 Å². The molecule has 0 aromatic carbocycles. The smallest absolute Gasteiger partial charge is 0.120 e. The normalized spacial score (nSPS) is 11.2. The first-order valence-electron chi connectivity index (χ1n) is 6.27. The highest BCUT2D eigenvalue weighted by atomic mass is 15.2. The minimum absolute atomic E-state index is 0.705. The second-order valence-corrected chi connectivity index (χ2v) is 4.06. The van der Waals surface area contributed by atoms with Crippen LogP contribution in [-0.2, 0) is 6.42 Å². The fourth-order valence-corrected chi connectivity index (χ4v) is 1.53. The Hall–Kier alpha value is -1.84. The van der Waals surface area contributed by atoms with Gasteiger partial charge in [-0.15, -0.1) is 0 Å². The molecule has 0 atom stereocenters. The van der Waals surface area contributed by atoms with Crippen molar-refractivity contribution in [3.05, 3.63) is 42.5 Å². The molecule has 0 unspecified atom stereocenters. The zero-order chi connectivity index (χ0) is 13.4. The number of likely N-dealkylation sites (N-methyl/N-ethyl adjacent to an activating group) is 1. The summed E-state index contributed by atoms with van der Waals surface area (Å²) in [6.45, 7) is 9.79. The molecule has 4 nitrogen and oxygen atoms in total. The molecule has 18 heavy (non-hydrogen) atoms. The Kier molecular flexibility index (Phi) is 5.91. The highest BCUT2D eigenvalue weighted by Gasteiger charge is 2.06. The van der Waals surface area contributed by atoms with E-state index in [4.69, 9.17) is 0 Å². The number of amidine groups is 1. The fraction of sp³-hybridized carbons (Fsp3) is 0.429. The molecule has 0 saturated heterocycles. The molecule has 98 valence electrons. The van der Waals surface area contributed by atoms with Crippen LogP contribution in [0.4, 0.5) is 0 Å². The zero-order valence-corrected chi connectivity index (χ0v) is 11.5. The Labute approximate surface area is 109 Å². The second kappa shape index (κ2) is 7.48. The van der Waals surface area contributed by atoms with Crippen LogP contribution in [0.1, 0.15) is 19.4 Å². The van der Waals surface area contributed by atoms with Crippen molar-refractivity contribution in [2.45, 2.75) is 20.3 Å². The summed E-state index contributed by atoms with van der Waals surface area (Å²) in [4.78, 5) is 10.8. The molecule has 0 fully saturated rings. The molecule has 1 rings (SSSR count). The molecule has 0 spiro atoms. The van der Waals surface area contributed by atoms with Gasteiger partial charge in [0.05, 0.1) is 0 Å². The lowest BCUT2D eigenvalue weighted by molar-refractivity contribution is 0.524. The maximum atomic E-state index is 4.54. The van der Waals surface area contributed by atoms with E-state index in [1.165, 1.54) is 0 Å². The predicted molar refractivity (Wildman–Crippen MR) is 76.5 cm³/mol. The van der Waals surface area contributed by atoms with Crippen LogP contribution in [0.2, 0.25) is 0 Å². The molecular formula is C14H22N4. The molecule has 0 amide bonds. The molecule has 0 aliphatic heterocycles. The first kappa shape index (κ1) is 14.2. The van der Waals surface area contributed by atoms with Crippen molar-refractivity contribution < 1.29 is 0 Å². The third-order valence-corrected chi connectivity index (χ3v) is 2.64. The zero-order valence-electron chi connectivity index (χ0n) is 11.5. The lowest BCUT2D eigenvalue weighted by atomic mass is 10.2. The number of pyridine rings is 1. The lowest BCUT2D eigenvalue weighted by Crippen LogP contribution is -2.29. The van der Waals surface area contributed by atoms with E-state index in [0.29, 0.717) is 5.82 Å². The summed E-state index contributed by atoms with van der Waals surface area (Å²) in [5.41, 5.74) is 1.15. The van der Waals surface area contributed by atoms with Gasteiger partial charge in [0, 0.05) is 39.0 Å². The SMILES string of the molecule is C=C(N=C(Cc1cccnc1)N(C)CC)NCC. The van der Waals surface area contributed by atoms with Gasteiger partial charge in [0.1, 0.15) is 11.7 Å². The maximum absolute atomic E-state index is 4.54. The summed E-state index contributed by atoms with van der Waals surface area (Å²) in [7, 11) is 2.04. The summed E-state index contributed by atoms with van der Waals surface area (Å²) in [5, 5.41) is 3.12. The van der Waals surface area contributed by atoms with Crippen molar-refractivity contribution in [3.63, 3.8) is 0 Å². The van der Waals surface area contributed by atoms with Crippen LogP contribution in [0, 0.1) is 0 Å². The van der Waals surface area contributed by atoms with E-state index in [2.05, 4.69) is 39.8 Å². The van der Waals surface area contributed by atoms with E-state index in [0.717, 1.165) is 30.9 Å². The summed E-state index contributed by atoms with van der Waals surface area (Å²) in [6.07, 6.45) is 4.42. The number of rotatable bonds is 6. The average Bonchev–Trinajstić information content (AvgIpc) is 2.38. The molecule has 1 heterocycles.